The number of benzene rings is 1. The third-order valence-electron chi connectivity index (χ3n) is 4.19. The molecule has 2 N–H and O–H groups in total. The molecule has 5 nitrogen and oxygen atoms in total. The molecule has 0 bridgehead atoms. The van der Waals surface area contributed by atoms with Gasteiger partial charge in [0.1, 0.15) is 0 Å². The number of rotatable bonds is 6. The molecule has 2 aromatic rings. The number of halogens is 2. The number of guanidine groups is 1. The topological polar surface area (TPSA) is 52.6 Å². The average molecular weight is 506 g/mol. The van der Waals surface area contributed by atoms with Gasteiger partial charge in [0.15, 0.2) is 11.1 Å². The van der Waals surface area contributed by atoms with E-state index in [0.29, 0.717) is 6.54 Å². The lowest BCUT2D eigenvalue weighted by molar-refractivity contribution is 0.785. The molecule has 0 atom stereocenters. The van der Waals surface area contributed by atoms with Crippen molar-refractivity contribution < 1.29 is 0 Å². The van der Waals surface area contributed by atoms with Crippen LogP contribution in [-0.2, 0) is 13.0 Å². The molecule has 1 aromatic heterocycles. The van der Waals surface area contributed by atoms with Crippen molar-refractivity contribution in [2.75, 3.05) is 31.6 Å². The summed E-state index contributed by atoms with van der Waals surface area (Å²) in [7, 11) is 1.78. The predicted octanol–water partition coefficient (Wildman–Crippen LogP) is 3.92. The van der Waals surface area contributed by atoms with E-state index in [2.05, 4.69) is 25.9 Å². The van der Waals surface area contributed by atoms with E-state index in [0.717, 1.165) is 47.9 Å². The van der Waals surface area contributed by atoms with Gasteiger partial charge in [-0.2, -0.15) is 0 Å². The maximum atomic E-state index is 5.91. The molecule has 26 heavy (non-hydrogen) atoms. The van der Waals surface area contributed by atoms with Crippen molar-refractivity contribution in [2.24, 2.45) is 4.99 Å². The molecule has 1 aliphatic rings. The highest BCUT2D eigenvalue weighted by Crippen LogP contribution is 2.24. The number of anilines is 1. The minimum absolute atomic E-state index is 0. The summed E-state index contributed by atoms with van der Waals surface area (Å²) in [6.45, 7) is 3.81. The Balaban J connectivity index is 0.00000243. The van der Waals surface area contributed by atoms with Crippen LogP contribution in [0.1, 0.15) is 24.1 Å². The van der Waals surface area contributed by atoms with Gasteiger partial charge in [-0.15, -0.1) is 35.3 Å². The number of aromatic nitrogens is 1. The van der Waals surface area contributed by atoms with E-state index in [1.165, 1.54) is 18.4 Å². The van der Waals surface area contributed by atoms with Gasteiger partial charge in [-0.3, -0.25) is 4.99 Å². The summed E-state index contributed by atoms with van der Waals surface area (Å²) >= 11 is 7.66. The van der Waals surface area contributed by atoms with Gasteiger partial charge in [-0.05, 0) is 30.5 Å². The van der Waals surface area contributed by atoms with Crippen LogP contribution in [0.3, 0.4) is 0 Å². The highest BCUT2D eigenvalue weighted by molar-refractivity contribution is 14.0. The third kappa shape index (κ3) is 6.28. The molecular formula is C18H25ClIN5S. The van der Waals surface area contributed by atoms with Gasteiger partial charge in [0, 0.05) is 50.1 Å². The van der Waals surface area contributed by atoms with Crippen LogP contribution in [0.2, 0.25) is 5.02 Å². The molecule has 1 aliphatic heterocycles. The van der Waals surface area contributed by atoms with Gasteiger partial charge in [-0.25, -0.2) is 4.98 Å². The Bertz CT molecular complexity index is 698. The minimum Gasteiger partial charge on any atom is -0.356 e. The molecule has 2 heterocycles. The molecule has 3 rings (SSSR count). The number of hydrogen-bond donors (Lipinski definition) is 2. The molecule has 0 saturated carbocycles. The van der Waals surface area contributed by atoms with Gasteiger partial charge < -0.3 is 15.5 Å². The summed E-state index contributed by atoms with van der Waals surface area (Å²) in [5.41, 5.74) is 2.31. The van der Waals surface area contributed by atoms with Crippen LogP contribution in [0, 0.1) is 0 Å². The van der Waals surface area contributed by atoms with Crippen molar-refractivity contribution in [3.63, 3.8) is 0 Å². The average Bonchev–Trinajstić information content (AvgIpc) is 3.30. The maximum Gasteiger partial charge on any atom is 0.191 e. The largest absolute Gasteiger partial charge is 0.356 e. The number of nitrogens with zero attached hydrogens (tertiary/aromatic N) is 3. The number of nitrogens with one attached hydrogen (secondary N) is 2. The van der Waals surface area contributed by atoms with Crippen molar-refractivity contribution >= 4 is 58.0 Å². The van der Waals surface area contributed by atoms with E-state index >= 15 is 0 Å². The second-order valence-corrected chi connectivity index (χ2v) is 7.32. The Hall–Kier alpha value is -1.06. The first-order valence-electron chi connectivity index (χ1n) is 8.63. The zero-order valence-corrected chi connectivity index (χ0v) is 18.8. The Kier molecular flexibility index (Phi) is 8.94. The van der Waals surface area contributed by atoms with Crippen molar-refractivity contribution in [1.82, 2.24) is 15.6 Å². The standard InChI is InChI=1S/C18H24ClN5S.HI/c1-20-17(22-12-14-4-6-15(19)7-5-14)21-9-8-16-13-25-18(23-16)24-10-2-3-11-24;/h4-7,13H,2-3,8-12H2,1H3,(H2,20,21,22);1H. The summed E-state index contributed by atoms with van der Waals surface area (Å²) < 4.78 is 0. The highest BCUT2D eigenvalue weighted by atomic mass is 127. The lowest BCUT2D eigenvalue weighted by Gasteiger charge is -2.12. The normalized spacial score (nSPS) is 14.2. The summed E-state index contributed by atoms with van der Waals surface area (Å²) in [5.74, 6) is 0.796. The van der Waals surface area contributed by atoms with E-state index in [-0.39, 0.29) is 24.0 Å². The Morgan fingerprint density at radius 2 is 1.96 bits per heavy atom. The molecule has 142 valence electrons. The van der Waals surface area contributed by atoms with Gasteiger partial charge in [0.2, 0.25) is 0 Å². The van der Waals surface area contributed by atoms with Crippen molar-refractivity contribution in [2.45, 2.75) is 25.8 Å². The summed E-state index contributed by atoms with van der Waals surface area (Å²) in [6, 6.07) is 7.82. The fourth-order valence-electron chi connectivity index (χ4n) is 2.78. The third-order valence-corrected chi connectivity index (χ3v) is 5.39. The quantitative estimate of drug-likeness (QED) is 0.355. The molecule has 8 heteroatoms. The smallest absolute Gasteiger partial charge is 0.191 e. The molecule has 0 radical (unpaired) electrons. The highest BCUT2D eigenvalue weighted by Gasteiger charge is 2.15. The first kappa shape index (κ1) is 21.2. The van der Waals surface area contributed by atoms with E-state index < -0.39 is 0 Å². The number of aliphatic imine (C=N–C) groups is 1. The lowest BCUT2D eigenvalue weighted by Crippen LogP contribution is -2.37. The molecule has 0 amide bonds. The summed E-state index contributed by atoms with van der Waals surface area (Å²) in [4.78, 5) is 11.4. The van der Waals surface area contributed by atoms with E-state index in [1.54, 1.807) is 18.4 Å². The van der Waals surface area contributed by atoms with E-state index in [9.17, 15) is 0 Å². The molecule has 1 aromatic carbocycles. The fraction of sp³-hybridized carbons (Fsp3) is 0.444. The summed E-state index contributed by atoms with van der Waals surface area (Å²) in [6.07, 6.45) is 3.46. The molecular weight excluding hydrogens is 481 g/mol. The first-order valence-corrected chi connectivity index (χ1v) is 9.88. The van der Waals surface area contributed by atoms with Gasteiger partial charge in [0.05, 0.1) is 5.69 Å². The molecule has 0 aliphatic carbocycles. The summed E-state index contributed by atoms with van der Waals surface area (Å²) in [5, 5.41) is 10.7. The molecule has 0 spiro atoms. The van der Waals surface area contributed by atoms with Crippen LogP contribution in [-0.4, -0.2) is 37.6 Å². The van der Waals surface area contributed by atoms with Crippen LogP contribution in [0.4, 0.5) is 5.13 Å². The molecule has 1 saturated heterocycles. The Labute approximate surface area is 181 Å². The van der Waals surface area contributed by atoms with Crippen LogP contribution >= 0.6 is 46.9 Å². The predicted molar refractivity (Wildman–Crippen MR) is 122 cm³/mol. The lowest BCUT2D eigenvalue weighted by atomic mass is 10.2. The SMILES string of the molecule is CN=C(NCCc1csc(N2CCCC2)n1)NCc1ccc(Cl)cc1.I. The van der Waals surface area contributed by atoms with Gasteiger partial charge >= 0.3 is 0 Å². The zero-order chi connectivity index (χ0) is 17.5. The second kappa shape index (κ2) is 10.9. The van der Waals surface area contributed by atoms with Gasteiger partial charge in [0.25, 0.3) is 0 Å². The van der Waals surface area contributed by atoms with E-state index in [4.69, 9.17) is 16.6 Å². The minimum atomic E-state index is 0. The van der Waals surface area contributed by atoms with E-state index in [1.807, 2.05) is 24.3 Å². The van der Waals surface area contributed by atoms with Crippen molar-refractivity contribution in [3.8, 4) is 0 Å². The maximum absolute atomic E-state index is 5.91. The van der Waals surface area contributed by atoms with Crippen molar-refractivity contribution in [1.29, 1.82) is 0 Å². The number of hydrogen-bond acceptors (Lipinski definition) is 4. The van der Waals surface area contributed by atoms with Crippen LogP contribution in [0.15, 0.2) is 34.6 Å². The molecule has 0 unspecified atom stereocenters. The van der Waals surface area contributed by atoms with Crippen molar-refractivity contribution in [3.05, 3.63) is 45.9 Å². The molecule has 1 fully saturated rings. The van der Waals surface area contributed by atoms with Crippen LogP contribution in [0.25, 0.3) is 0 Å². The number of thiazole rings is 1. The van der Waals surface area contributed by atoms with Crippen LogP contribution < -0.4 is 15.5 Å². The monoisotopic (exact) mass is 505 g/mol. The Morgan fingerprint density at radius 3 is 2.65 bits per heavy atom. The Morgan fingerprint density at radius 1 is 1.23 bits per heavy atom. The van der Waals surface area contributed by atoms with Crippen LogP contribution in [0.5, 0.6) is 0 Å². The zero-order valence-electron chi connectivity index (χ0n) is 14.9. The first-order chi connectivity index (χ1) is 12.2. The fourth-order valence-corrected chi connectivity index (χ4v) is 3.82. The second-order valence-electron chi connectivity index (χ2n) is 6.04. The van der Waals surface area contributed by atoms with Gasteiger partial charge in [-0.1, -0.05) is 23.7 Å².